The number of nitrogens with one attached hydrogen (secondary N) is 1. The van der Waals surface area contributed by atoms with Gasteiger partial charge in [-0.2, -0.15) is 0 Å². The molecular formula is C8H8BrFN2O. The molecule has 3 N–H and O–H groups in total. The molecule has 0 aliphatic carbocycles. The van der Waals surface area contributed by atoms with Crippen molar-refractivity contribution in [2.45, 2.75) is 0 Å². The molecule has 0 unspecified atom stereocenters. The van der Waals surface area contributed by atoms with Crippen molar-refractivity contribution >= 4 is 27.5 Å². The highest BCUT2D eigenvalue weighted by Gasteiger charge is 2.00. The minimum atomic E-state index is -0.483. The lowest BCUT2D eigenvalue weighted by atomic mass is 10.3. The van der Waals surface area contributed by atoms with Gasteiger partial charge in [0, 0.05) is 5.69 Å². The number of rotatable bonds is 3. The molecule has 5 heteroatoms. The zero-order valence-corrected chi connectivity index (χ0v) is 8.27. The minimum Gasteiger partial charge on any atom is -0.376 e. The molecule has 3 nitrogen and oxygen atoms in total. The van der Waals surface area contributed by atoms with Gasteiger partial charge in [-0.3, -0.25) is 4.79 Å². The molecule has 1 aromatic rings. The molecule has 1 rings (SSSR count). The number of hydrogen-bond acceptors (Lipinski definition) is 2. The second kappa shape index (κ2) is 4.23. The van der Waals surface area contributed by atoms with E-state index in [4.69, 9.17) is 5.73 Å². The van der Waals surface area contributed by atoms with Crippen LogP contribution < -0.4 is 11.1 Å². The number of carbonyl (C=O) groups is 1. The fraction of sp³-hybridized carbons (Fsp3) is 0.125. The monoisotopic (exact) mass is 246 g/mol. The van der Waals surface area contributed by atoms with E-state index in [1.165, 1.54) is 6.07 Å². The van der Waals surface area contributed by atoms with Gasteiger partial charge < -0.3 is 11.1 Å². The summed E-state index contributed by atoms with van der Waals surface area (Å²) in [5.41, 5.74) is 5.43. The molecule has 1 aromatic carbocycles. The molecule has 0 aromatic heterocycles. The highest BCUT2D eigenvalue weighted by Crippen LogP contribution is 2.18. The Hall–Kier alpha value is -1.10. The molecule has 0 heterocycles. The molecule has 0 atom stereocenters. The van der Waals surface area contributed by atoms with Gasteiger partial charge in [0.2, 0.25) is 5.91 Å². The Kier molecular flexibility index (Phi) is 3.25. The number of halogens is 2. The van der Waals surface area contributed by atoms with E-state index in [1.54, 1.807) is 12.1 Å². The molecule has 0 saturated carbocycles. The van der Waals surface area contributed by atoms with Crippen molar-refractivity contribution in [2.24, 2.45) is 5.73 Å². The van der Waals surface area contributed by atoms with E-state index in [1.807, 2.05) is 0 Å². The van der Waals surface area contributed by atoms with E-state index in [0.717, 1.165) is 0 Å². The summed E-state index contributed by atoms with van der Waals surface area (Å²) >= 11 is 3.01. The Morgan fingerprint density at radius 3 is 2.85 bits per heavy atom. The Morgan fingerprint density at radius 1 is 1.62 bits per heavy atom. The van der Waals surface area contributed by atoms with E-state index in [0.29, 0.717) is 10.2 Å². The van der Waals surface area contributed by atoms with Crippen molar-refractivity contribution in [3.8, 4) is 0 Å². The fourth-order valence-electron chi connectivity index (χ4n) is 0.795. The summed E-state index contributed by atoms with van der Waals surface area (Å²) in [6.07, 6.45) is 0. The molecule has 1 amide bonds. The van der Waals surface area contributed by atoms with E-state index in [9.17, 15) is 9.18 Å². The van der Waals surface area contributed by atoms with Crippen LogP contribution >= 0.6 is 15.9 Å². The molecule has 0 fully saturated rings. The maximum Gasteiger partial charge on any atom is 0.236 e. The van der Waals surface area contributed by atoms with E-state index >= 15 is 0 Å². The maximum atomic E-state index is 12.9. The summed E-state index contributed by atoms with van der Waals surface area (Å²) in [5.74, 6) is -0.863. The first-order valence-corrected chi connectivity index (χ1v) is 4.36. The Morgan fingerprint density at radius 2 is 2.31 bits per heavy atom. The molecule has 0 spiro atoms. The average molecular weight is 247 g/mol. The van der Waals surface area contributed by atoms with Gasteiger partial charge in [0.25, 0.3) is 0 Å². The van der Waals surface area contributed by atoms with E-state index in [-0.39, 0.29) is 12.4 Å². The van der Waals surface area contributed by atoms with Gasteiger partial charge in [-0.05, 0) is 34.1 Å². The molecule has 13 heavy (non-hydrogen) atoms. The quantitative estimate of drug-likeness (QED) is 0.850. The van der Waals surface area contributed by atoms with Crippen LogP contribution in [-0.2, 0) is 4.79 Å². The molecule has 0 aliphatic heterocycles. The van der Waals surface area contributed by atoms with E-state index in [2.05, 4.69) is 21.2 Å². The number of primary amides is 1. The lowest BCUT2D eigenvalue weighted by molar-refractivity contribution is -0.116. The predicted molar refractivity (Wildman–Crippen MR) is 51.8 cm³/mol. The second-order valence-corrected chi connectivity index (χ2v) is 3.30. The third kappa shape index (κ3) is 3.02. The van der Waals surface area contributed by atoms with Crippen molar-refractivity contribution in [3.05, 3.63) is 28.5 Å². The van der Waals surface area contributed by atoms with Crippen LogP contribution in [0.25, 0.3) is 0 Å². The normalized spacial score (nSPS) is 9.69. The number of carbonyl (C=O) groups excluding carboxylic acids is 1. The van der Waals surface area contributed by atoms with Crippen LogP contribution in [0, 0.1) is 5.82 Å². The minimum absolute atomic E-state index is 0.00106. The lowest BCUT2D eigenvalue weighted by Gasteiger charge is -2.03. The highest BCUT2D eigenvalue weighted by molar-refractivity contribution is 9.10. The maximum absolute atomic E-state index is 12.9. The van der Waals surface area contributed by atoms with Gasteiger partial charge in [0.1, 0.15) is 5.82 Å². The Labute approximate surface area is 83.2 Å². The number of hydrogen-bond donors (Lipinski definition) is 2. The third-order valence-corrected chi connectivity index (χ3v) is 2.03. The predicted octanol–water partition coefficient (Wildman–Crippen LogP) is 1.49. The summed E-state index contributed by atoms with van der Waals surface area (Å²) in [4.78, 5) is 10.4. The van der Waals surface area contributed by atoms with Crippen LogP contribution in [0.3, 0.4) is 0 Å². The van der Waals surface area contributed by atoms with Gasteiger partial charge in [0.05, 0.1) is 11.0 Å². The first-order chi connectivity index (χ1) is 6.09. The molecular weight excluding hydrogens is 239 g/mol. The van der Waals surface area contributed by atoms with Crippen molar-refractivity contribution < 1.29 is 9.18 Å². The molecule has 0 radical (unpaired) electrons. The topological polar surface area (TPSA) is 55.1 Å². The standard InChI is InChI=1S/C8H8BrFN2O/c9-6-2-1-5(3-7(6)10)12-4-8(11)13/h1-3,12H,4H2,(H2,11,13). The number of nitrogens with two attached hydrogens (primary N) is 1. The van der Waals surface area contributed by atoms with Crippen LogP contribution in [0.1, 0.15) is 0 Å². The lowest BCUT2D eigenvalue weighted by Crippen LogP contribution is -2.21. The zero-order valence-electron chi connectivity index (χ0n) is 6.68. The van der Waals surface area contributed by atoms with Gasteiger partial charge in [-0.15, -0.1) is 0 Å². The smallest absolute Gasteiger partial charge is 0.236 e. The molecule has 70 valence electrons. The Bertz CT molecular complexity index is 330. The molecule has 0 saturated heterocycles. The number of benzene rings is 1. The number of anilines is 1. The van der Waals surface area contributed by atoms with Crippen LogP contribution in [0.4, 0.5) is 10.1 Å². The number of amides is 1. The first-order valence-electron chi connectivity index (χ1n) is 3.57. The highest BCUT2D eigenvalue weighted by atomic mass is 79.9. The summed E-state index contributed by atoms with van der Waals surface area (Å²) in [7, 11) is 0. The summed E-state index contributed by atoms with van der Waals surface area (Å²) in [6, 6.07) is 4.49. The zero-order chi connectivity index (χ0) is 9.84. The van der Waals surface area contributed by atoms with Crippen molar-refractivity contribution in [1.29, 1.82) is 0 Å². The van der Waals surface area contributed by atoms with Crippen molar-refractivity contribution in [2.75, 3.05) is 11.9 Å². The van der Waals surface area contributed by atoms with E-state index < -0.39 is 5.91 Å². The van der Waals surface area contributed by atoms with Gasteiger partial charge >= 0.3 is 0 Å². The Balaban J connectivity index is 2.68. The fourth-order valence-corrected chi connectivity index (χ4v) is 1.04. The first kappa shape index (κ1) is 9.98. The summed E-state index contributed by atoms with van der Waals surface area (Å²) < 4.78 is 13.3. The van der Waals surface area contributed by atoms with Gasteiger partial charge in [0.15, 0.2) is 0 Å². The third-order valence-electron chi connectivity index (χ3n) is 1.39. The van der Waals surface area contributed by atoms with Crippen LogP contribution in [0.2, 0.25) is 0 Å². The molecule has 0 bridgehead atoms. The van der Waals surface area contributed by atoms with Crippen LogP contribution in [0.5, 0.6) is 0 Å². The van der Waals surface area contributed by atoms with Gasteiger partial charge in [-0.25, -0.2) is 4.39 Å². The average Bonchev–Trinajstić information content (AvgIpc) is 2.07. The largest absolute Gasteiger partial charge is 0.376 e. The van der Waals surface area contributed by atoms with Crippen LogP contribution in [0.15, 0.2) is 22.7 Å². The van der Waals surface area contributed by atoms with Gasteiger partial charge in [-0.1, -0.05) is 0 Å². The molecule has 0 aliphatic rings. The SMILES string of the molecule is NC(=O)CNc1ccc(Br)c(F)c1. The van der Waals surface area contributed by atoms with Crippen LogP contribution in [-0.4, -0.2) is 12.5 Å². The summed E-state index contributed by atoms with van der Waals surface area (Å²) in [6.45, 7) is 0.00106. The van der Waals surface area contributed by atoms with Crippen molar-refractivity contribution in [1.82, 2.24) is 0 Å². The second-order valence-electron chi connectivity index (χ2n) is 2.45. The summed E-state index contributed by atoms with van der Waals surface area (Å²) in [5, 5.41) is 2.68. The van der Waals surface area contributed by atoms with Crippen molar-refractivity contribution in [3.63, 3.8) is 0 Å².